The van der Waals surface area contributed by atoms with Gasteiger partial charge in [0.15, 0.2) is 5.60 Å². The number of phenolic OH excluding ortho intramolecular Hbond substituents is 2. The third kappa shape index (κ3) is 3.19. The van der Waals surface area contributed by atoms with Crippen LogP contribution in [0.4, 0.5) is 0 Å². The molecule has 0 unspecified atom stereocenters. The Morgan fingerprint density at radius 2 is 1.39 bits per heavy atom. The zero-order valence-corrected chi connectivity index (χ0v) is 21.4. The number of halogens is 2. The first-order valence-corrected chi connectivity index (χ1v) is 11.6. The summed E-state index contributed by atoms with van der Waals surface area (Å²) in [6.45, 7) is 6.86. The maximum absolute atomic E-state index is 13.2. The minimum atomic E-state index is -1.66. The number of carboxylic acid groups (broad SMARTS) is 1. The largest absolute Gasteiger partial charge is 0.507 e. The van der Waals surface area contributed by atoms with Crippen molar-refractivity contribution in [1.82, 2.24) is 0 Å². The Kier molecular flexibility index (Phi) is 5.57. The molecule has 0 fully saturated rings. The molecule has 33 heavy (non-hydrogen) atoms. The van der Waals surface area contributed by atoms with Gasteiger partial charge in [-0.25, -0.2) is 9.59 Å². The second-order valence-electron chi connectivity index (χ2n) is 8.16. The molecule has 170 valence electrons. The van der Waals surface area contributed by atoms with E-state index in [1.54, 1.807) is 39.8 Å². The lowest BCUT2D eigenvalue weighted by atomic mass is 9.76. The number of aromatic carboxylic acids is 1. The summed E-state index contributed by atoms with van der Waals surface area (Å²) in [5.74, 6) is -1.72. The summed E-state index contributed by atoms with van der Waals surface area (Å²) in [5.41, 5.74) is 1.61. The van der Waals surface area contributed by atoms with Gasteiger partial charge in [-0.05, 0) is 94.9 Å². The zero-order valence-electron chi connectivity index (χ0n) is 18.2. The van der Waals surface area contributed by atoms with E-state index in [4.69, 9.17) is 4.74 Å². The number of aryl methyl sites for hydroxylation is 2. The fourth-order valence-electron chi connectivity index (χ4n) is 4.46. The maximum atomic E-state index is 13.2. The molecule has 0 aromatic heterocycles. The van der Waals surface area contributed by atoms with Crippen molar-refractivity contribution in [2.45, 2.75) is 33.3 Å². The third-order valence-corrected chi connectivity index (χ3v) is 8.23. The van der Waals surface area contributed by atoms with Crippen LogP contribution in [0.3, 0.4) is 0 Å². The van der Waals surface area contributed by atoms with E-state index >= 15 is 0 Å². The third-order valence-electron chi connectivity index (χ3n) is 6.18. The smallest absolute Gasteiger partial charge is 0.340 e. The van der Waals surface area contributed by atoms with Crippen molar-refractivity contribution in [2.75, 3.05) is 0 Å². The van der Waals surface area contributed by atoms with E-state index in [2.05, 4.69) is 31.9 Å². The van der Waals surface area contributed by atoms with Crippen LogP contribution in [0.5, 0.6) is 11.5 Å². The van der Waals surface area contributed by atoms with Gasteiger partial charge in [-0.15, -0.1) is 0 Å². The topological polar surface area (TPSA) is 104 Å². The summed E-state index contributed by atoms with van der Waals surface area (Å²) in [6, 6.07) is 7.83. The number of benzene rings is 3. The van der Waals surface area contributed by atoms with Crippen molar-refractivity contribution in [3.8, 4) is 11.5 Å². The first-order valence-electron chi connectivity index (χ1n) is 10.0. The number of esters is 1. The van der Waals surface area contributed by atoms with Gasteiger partial charge in [-0.3, -0.25) is 0 Å². The number of rotatable bonds is 3. The van der Waals surface area contributed by atoms with Gasteiger partial charge in [0.2, 0.25) is 0 Å². The lowest BCUT2D eigenvalue weighted by Crippen LogP contribution is -2.33. The van der Waals surface area contributed by atoms with Crippen LogP contribution in [0.1, 0.15) is 59.7 Å². The Morgan fingerprint density at radius 3 is 1.85 bits per heavy atom. The van der Waals surface area contributed by atoms with Crippen molar-refractivity contribution < 1.29 is 29.6 Å². The van der Waals surface area contributed by atoms with Crippen LogP contribution in [0, 0.1) is 27.7 Å². The molecule has 0 spiro atoms. The van der Waals surface area contributed by atoms with Crippen molar-refractivity contribution >= 4 is 43.8 Å². The molecule has 1 heterocycles. The molecular formula is C25H20Br2O6. The molecule has 0 saturated carbocycles. The van der Waals surface area contributed by atoms with Crippen LogP contribution >= 0.6 is 31.9 Å². The van der Waals surface area contributed by atoms with Crippen LogP contribution in [-0.4, -0.2) is 27.3 Å². The lowest BCUT2D eigenvalue weighted by molar-refractivity contribution is 0.0241. The standard InChI is InChI=1S/C25H20Br2O6/c1-10-8-16(19(26)12(3)21(10)28)25(17-9-11(2)22(29)13(4)20(17)27)18-14(23(30)31)6-5-7-15(18)24(32)33-25/h5-9,28-29H,1-4H3,(H,30,31). The summed E-state index contributed by atoms with van der Waals surface area (Å²) >= 11 is 7.11. The number of ether oxygens (including phenoxy) is 1. The van der Waals surface area contributed by atoms with Gasteiger partial charge in [0.1, 0.15) is 11.5 Å². The second kappa shape index (κ2) is 7.88. The van der Waals surface area contributed by atoms with Gasteiger partial charge in [0.05, 0.1) is 11.1 Å². The van der Waals surface area contributed by atoms with E-state index in [1.807, 2.05) is 0 Å². The average Bonchev–Trinajstić information content (AvgIpc) is 3.08. The van der Waals surface area contributed by atoms with Gasteiger partial charge < -0.3 is 20.1 Å². The molecule has 0 saturated heterocycles. The molecule has 0 bridgehead atoms. The van der Waals surface area contributed by atoms with E-state index < -0.39 is 17.5 Å². The zero-order chi connectivity index (χ0) is 24.4. The lowest BCUT2D eigenvalue weighted by Gasteiger charge is -2.34. The van der Waals surface area contributed by atoms with E-state index in [0.29, 0.717) is 42.3 Å². The minimum Gasteiger partial charge on any atom is -0.507 e. The molecule has 1 aliphatic heterocycles. The Labute approximate surface area is 207 Å². The van der Waals surface area contributed by atoms with Gasteiger partial charge in [0, 0.05) is 36.8 Å². The molecule has 3 N–H and O–H groups in total. The van der Waals surface area contributed by atoms with Gasteiger partial charge in [-0.2, -0.15) is 0 Å². The predicted octanol–water partition coefficient (Wildman–Crippen LogP) is 6.02. The van der Waals surface area contributed by atoms with Crippen LogP contribution in [-0.2, 0) is 10.3 Å². The van der Waals surface area contributed by atoms with Crippen LogP contribution < -0.4 is 0 Å². The molecular weight excluding hydrogens is 556 g/mol. The number of phenols is 2. The maximum Gasteiger partial charge on any atom is 0.340 e. The molecule has 1 aliphatic rings. The molecule has 3 aromatic rings. The highest BCUT2D eigenvalue weighted by molar-refractivity contribution is 9.11. The van der Waals surface area contributed by atoms with E-state index in [1.165, 1.54) is 18.2 Å². The molecule has 0 atom stereocenters. The predicted molar refractivity (Wildman–Crippen MR) is 129 cm³/mol. The van der Waals surface area contributed by atoms with E-state index in [-0.39, 0.29) is 28.2 Å². The van der Waals surface area contributed by atoms with Crippen LogP contribution in [0.25, 0.3) is 0 Å². The quantitative estimate of drug-likeness (QED) is 0.330. The first-order chi connectivity index (χ1) is 15.4. The number of carbonyl (C=O) groups excluding carboxylic acids is 1. The number of aromatic hydroxyl groups is 2. The Bertz CT molecular complexity index is 1310. The summed E-state index contributed by atoms with van der Waals surface area (Å²) < 4.78 is 7.07. The van der Waals surface area contributed by atoms with Crippen LogP contribution in [0.2, 0.25) is 0 Å². The van der Waals surface area contributed by atoms with Crippen molar-refractivity contribution in [1.29, 1.82) is 0 Å². The highest BCUT2D eigenvalue weighted by Crippen LogP contribution is 2.54. The van der Waals surface area contributed by atoms with E-state index in [9.17, 15) is 24.9 Å². The summed E-state index contributed by atoms with van der Waals surface area (Å²) in [7, 11) is 0. The number of carbonyl (C=O) groups is 2. The normalized spacial score (nSPS) is 14.2. The van der Waals surface area contributed by atoms with Gasteiger partial charge >= 0.3 is 11.9 Å². The average molecular weight is 576 g/mol. The Balaban J connectivity index is 2.29. The van der Waals surface area contributed by atoms with Crippen molar-refractivity contribution in [3.05, 3.63) is 89.3 Å². The number of fused-ring (bicyclic) bond motifs is 1. The highest BCUT2D eigenvalue weighted by Gasteiger charge is 2.53. The summed E-state index contributed by atoms with van der Waals surface area (Å²) in [6.07, 6.45) is 0. The molecule has 6 nitrogen and oxygen atoms in total. The number of carboxylic acids is 1. The summed E-state index contributed by atoms with van der Waals surface area (Å²) in [4.78, 5) is 25.4. The molecule has 0 amide bonds. The number of hydrogen-bond donors (Lipinski definition) is 3. The molecule has 0 aliphatic carbocycles. The number of hydrogen-bond acceptors (Lipinski definition) is 5. The highest BCUT2D eigenvalue weighted by atomic mass is 79.9. The molecule has 3 aromatic carbocycles. The van der Waals surface area contributed by atoms with Crippen LogP contribution in [0.15, 0.2) is 39.3 Å². The Hall–Kier alpha value is -2.84. The first kappa shape index (κ1) is 23.3. The summed E-state index contributed by atoms with van der Waals surface area (Å²) in [5, 5.41) is 31.0. The molecule has 8 heteroatoms. The Morgan fingerprint density at radius 1 is 0.909 bits per heavy atom. The SMILES string of the molecule is Cc1cc(C2(c3cc(C)c(O)c(C)c3Br)OC(=O)c3cccc(C(=O)O)c32)c(Br)c(C)c1O. The van der Waals surface area contributed by atoms with Gasteiger partial charge in [-0.1, -0.05) is 6.07 Å². The minimum absolute atomic E-state index is 0.0778. The molecule has 4 rings (SSSR count). The number of cyclic esters (lactones) is 1. The second-order valence-corrected chi connectivity index (χ2v) is 9.75. The van der Waals surface area contributed by atoms with Gasteiger partial charge in [0.25, 0.3) is 0 Å². The van der Waals surface area contributed by atoms with E-state index in [0.717, 1.165) is 0 Å². The molecule has 0 radical (unpaired) electrons. The van der Waals surface area contributed by atoms with Crippen molar-refractivity contribution in [3.63, 3.8) is 0 Å². The fraction of sp³-hybridized carbons (Fsp3) is 0.200. The van der Waals surface area contributed by atoms with Crippen molar-refractivity contribution in [2.24, 2.45) is 0 Å². The monoisotopic (exact) mass is 574 g/mol. The fourth-order valence-corrected chi connectivity index (χ4v) is 5.62.